The van der Waals surface area contributed by atoms with Crippen molar-refractivity contribution < 1.29 is 13.7 Å². The molecule has 0 radical (unpaired) electrons. The number of primary amides is 1. The highest BCUT2D eigenvalue weighted by Crippen LogP contribution is 2.10. The van der Waals surface area contributed by atoms with Crippen LogP contribution in [-0.2, 0) is 13.0 Å². The Balaban J connectivity index is 1.87. The lowest BCUT2D eigenvalue weighted by molar-refractivity contribution is 0.1000. The molecule has 2 aromatic rings. The highest BCUT2D eigenvalue weighted by molar-refractivity contribution is 5.92. The zero-order valence-corrected chi connectivity index (χ0v) is 11.0. The smallest absolute Gasteiger partial charge is 0.248 e. The monoisotopic (exact) mass is 278 g/mol. The predicted octanol–water partition coefficient (Wildman–Crippen LogP) is 0.948. The van der Waals surface area contributed by atoms with Crippen LogP contribution in [0, 0.1) is 12.7 Å². The Hall–Kier alpha value is -2.28. The van der Waals surface area contributed by atoms with Crippen LogP contribution in [0.25, 0.3) is 0 Å². The summed E-state index contributed by atoms with van der Waals surface area (Å²) >= 11 is 0. The van der Waals surface area contributed by atoms with Crippen molar-refractivity contribution in [1.29, 1.82) is 0 Å². The fraction of sp³-hybridized carbons (Fsp3) is 0.308. The van der Waals surface area contributed by atoms with Crippen LogP contribution in [0.1, 0.15) is 27.6 Å². The molecular formula is C13H15FN4O2. The average Bonchev–Trinajstić information content (AvgIpc) is 2.82. The van der Waals surface area contributed by atoms with E-state index >= 15 is 0 Å². The van der Waals surface area contributed by atoms with Crippen LogP contribution in [0.15, 0.2) is 22.7 Å². The van der Waals surface area contributed by atoms with Crippen LogP contribution >= 0.6 is 0 Å². The van der Waals surface area contributed by atoms with Gasteiger partial charge >= 0.3 is 0 Å². The van der Waals surface area contributed by atoms with E-state index in [0.29, 0.717) is 36.8 Å². The number of nitrogens with one attached hydrogen (secondary N) is 1. The van der Waals surface area contributed by atoms with E-state index in [0.717, 1.165) is 0 Å². The van der Waals surface area contributed by atoms with E-state index in [2.05, 4.69) is 15.5 Å². The lowest BCUT2D eigenvalue weighted by Crippen LogP contribution is -2.19. The molecule has 20 heavy (non-hydrogen) atoms. The van der Waals surface area contributed by atoms with Gasteiger partial charge in [-0.25, -0.2) is 4.39 Å². The molecule has 0 saturated carbocycles. The molecule has 3 N–H and O–H groups in total. The first-order valence-corrected chi connectivity index (χ1v) is 6.14. The number of amides is 1. The van der Waals surface area contributed by atoms with E-state index in [9.17, 15) is 9.18 Å². The van der Waals surface area contributed by atoms with Crippen LogP contribution < -0.4 is 11.1 Å². The van der Waals surface area contributed by atoms with Gasteiger partial charge in [-0.15, -0.1) is 0 Å². The Bertz CT molecular complexity index is 612. The summed E-state index contributed by atoms with van der Waals surface area (Å²) in [6.07, 6.45) is 0.554. The second kappa shape index (κ2) is 6.25. The standard InChI is InChI=1S/C13H15FN4O2/c1-8-17-12(20-18-8)4-5-16-7-10-6-9(13(15)19)2-3-11(10)14/h2-3,6,16H,4-5,7H2,1H3,(H2,15,19). The summed E-state index contributed by atoms with van der Waals surface area (Å²) in [7, 11) is 0. The molecule has 0 spiro atoms. The van der Waals surface area contributed by atoms with Crippen molar-refractivity contribution in [3.63, 3.8) is 0 Å². The van der Waals surface area contributed by atoms with Gasteiger partial charge in [-0.2, -0.15) is 4.98 Å². The summed E-state index contributed by atoms with van der Waals surface area (Å²) in [4.78, 5) is 15.1. The molecule has 0 aliphatic rings. The molecule has 1 heterocycles. The van der Waals surface area contributed by atoms with Gasteiger partial charge in [-0.05, 0) is 25.1 Å². The summed E-state index contributed by atoms with van der Waals surface area (Å²) in [5, 5.41) is 6.72. The van der Waals surface area contributed by atoms with Gasteiger partial charge in [0.05, 0.1) is 0 Å². The van der Waals surface area contributed by atoms with Crippen molar-refractivity contribution in [2.45, 2.75) is 19.9 Å². The first-order valence-electron chi connectivity index (χ1n) is 6.14. The third-order valence-corrected chi connectivity index (χ3v) is 2.73. The summed E-state index contributed by atoms with van der Waals surface area (Å²) < 4.78 is 18.5. The molecule has 1 amide bonds. The molecule has 1 aromatic heterocycles. The second-order valence-electron chi connectivity index (χ2n) is 4.33. The number of carbonyl (C=O) groups excluding carboxylic acids is 1. The number of nitrogens with zero attached hydrogens (tertiary/aromatic N) is 2. The molecule has 0 bridgehead atoms. The van der Waals surface area contributed by atoms with E-state index in [-0.39, 0.29) is 11.4 Å². The van der Waals surface area contributed by atoms with Crippen molar-refractivity contribution in [3.8, 4) is 0 Å². The molecule has 2 rings (SSSR count). The topological polar surface area (TPSA) is 94.0 Å². The Morgan fingerprint density at radius 3 is 2.95 bits per heavy atom. The molecule has 0 saturated heterocycles. The van der Waals surface area contributed by atoms with Crippen LogP contribution in [0.4, 0.5) is 4.39 Å². The summed E-state index contributed by atoms with van der Waals surface area (Å²) in [6.45, 7) is 2.59. The number of halogens is 1. The Morgan fingerprint density at radius 2 is 2.30 bits per heavy atom. The van der Waals surface area contributed by atoms with Crippen molar-refractivity contribution in [1.82, 2.24) is 15.5 Å². The lowest BCUT2D eigenvalue weighted by Gasteiger charge is -2.06. The molecule has 0 fully saturated rings. The SMILES string of the molecule is Cc1noc(CCNCc2cc(C(N)=O)ccc2F)n1. The predicted molar refractivity (Wildman–Crippen MR) is 69.4 cm³/mol. The third kappa shape index (κ3) is 3.61. The maximum atomic E-state index is 13.6. The van der Waals surface area contributed by atoms with E-state index in [1.807, 2.05) is 0 Å². The third-order valence-electron chi connectivity index (χ3n) is 2.73. The second-order valence-corrected chi connectivity index (χ2v) is 4.33. The number of nitrogens with two attached hydrogens (primary N) is 1. The van der Waals surface area contributed by atoms with Crippen LogP contribution in [-0.4, -0.2) is 22.6 Å². The molecular weight excluding hydrogens is 263 g/mol. The van der Waals surface area contributed by atoms with E-state index in [4.69, 9.17) is 10.3 Å². The fourth-order valence-electron chi connectivity index (χ4n) is 1.72. The van der Waals surface area contributed by atoms with Gasteiger partial charge < -0.3 is 15.6 Å². The summed E-state index contributed by atoms with van der Waals surface area (Å²) in [5.74, 6) is 0.158. The number of hydrogen-bond acceptors (Lipinski definition) is 5. The molecule has 6 nitrogen and oxygen atoms in total. The van der Waals surface area contributed by atoms with Gasteiger partial charge in [-0.1, -0.05) is 5.16 Å². The maximum absolute atomic E-state index is 13.6. The number of carbonyl (C=O) groups is 1. The largest absolute Gasteiger partial charge is 0.366 e. The molecule has 0 aliphatic carbocycles. The Labute approximate surface area is 115 Å². The fourth-order valence-corrected chi connectivity index (χ4v) is 1.72. The highest BCUT2D eigenvalue weighted by Gasteiger charge is 2.07. The van der Waals surface area contributed by atoms with Gasteiger partial charge in [0.15, 0.2) is 5.82 Å². The van der Waals surface area contributed by atoms with Gasteiger partial charge in [0.2, 0.25) is 11.8 Å². The van der Waals surface area contributed by atoms with Crippen LogP contribution in [0.3, 0.4) is 0 Å². The molecule has 106 valence electrons. The first kappa shape index (κ1) is 14.1. The van der Waals surface area contributed by atoms with Gasteiger partial charge in [0, 0.05) is 30.6 Å². The number of rotatable bonds is 6. The first-order chi connectivity index (χ1) is 9.56. The average molecular weight is 278 g/mol. The number of benzene rings is 1. The Kier molecular flexibility index (Phi) is 4.41. The normalized spacial score (nSPS) is 10.7. The molecule has 1 aromatic carbocycles. The molecule has 7 heteroatoms. The Morgan fingerprint density at radius 1 is 1.50 bits per heavy atom. The van der Waals surface area contributed by atoms with Crippen molar-refractivity contribution in [2.75, 3.05) is 6.54 Å². The maximum Gasteiger partial charge on any atom is 0.248 e. The molecule has 0 unspecified atom stereocenters. The summed E-state index contributed by atoms with van der Waals surface area (Å²) in [5.41, 5.74) is 5.84. The minimum atomic E-state index is -0.576. The van der Waals surface area contributed by atoms with Crippen molar-refractivity contribution >= 4 is 5.91 Å². The van der Waals surface area contributed by atoms with E-state index in [1.54, 1.807) is 6.92 Å². The van der Waals surface area contributed by atoms with Gasteiger partial charge in [-0.3, -0.25) is 4.79 Å². The van der Waals surface area contributed by atoms with E-state index < -0.39 is 5.91 Å². The highest BCUT2D eigenvalue weighted by atomic mass is 19.1. The summed E-state index contributed by atoms with van der Waals surface area (Å²) in [6, 6.07) is 4.04. The van der Waals surface area contributed by atoms with E-state index in [1.165, 1.54) is 18.2 Å². The number of aromatic nitrogens is 2. The van der Waals surface area contributed by atoms with Crippen LogP contribution in [0.2, 0.25) is 0 Å². The van der Waals surface area contributed by atoms with Crippen LogP contribution in [0.5, 0.6) is 0 Å². The van der Waals surface area contributed by atoms with Gasteiger partial charge in [0.1, 0.15) is 5.82 Å². The van der Waals surface area contributed by atoms with Gasteiger partial charge in [0.25, 0.3) is 0 Å². The lowest BCUT2D eigenvalue weighted by atomic mass is 10.1. The number of hydrogen-bond donors (Lipinski definition) is 2. The zero-order chi connectivity index (χ0) is 14.5. The quantitative estimate of drug-likeness (QED) is 0.767. The van der Waals surface area contributed by atoms with Crippen molar-refractivity contribution in [2.24, 2.45) is 5.73 Å². The van der Waals surface area contributed by atoms with Crippen molar-refractivity contribution in [3.05, 3.63) is 46.9 Å². The minimum Gasteiger partial charge on any atom is -0.366 e. The molecule has 0 aliphatic heterocycles. The number of aryl methyl sites for hydroxylation is 1. The molecule has 0 atom stereocenters. The minimum absolute atomic E-state index is 0.288. The zero-order valence-electron chi connectivity index (χ0n) is 11.0.